The first kappa shape index (κ1) is 31.5. The van der Waals surface area contributed by atoms with Gasteiger partial charge in [0.05, 0.1) is 23.4 Å². The van der Waals surface area contributed by atoms with Crippen LogP contribution in [-0.2, 0) is 47.7 Å². The molecule has 0 radical (unpaired) electrons. The smallest absolute Gasteiger partial charge is 0.422 e. The molecule has 1 saturated heterocycles. The van der Waals surface area contributed by atoms with E-state index in [0.29, 0.717) is 42.4 Å². The van der Waals surface area contributed by atoms with E-state index in [-0.39, 0.29) is 22.3 Å². The number of amides is 1. The Morgan fingerprint density at radius 1 is 1.07 bits per heavy atom. The Morgan fingerprint density at radius 3 is 2.45 bits per heavy atom. The van der Waals surface area contributed by atoms with E-state index in [1.165, 1.54) is 24.0 Å². The number of nitrogens with zero attached hydrogens (tertiary/aromatic N) is 4. The van der Waals surface area contributed by atoms with Gasteiger partial charge in [0.25, 0.3) is 11.5 Å². The Hall–Kier alpha value is -3.96. The van der Waals surface area contributed by atoms with E-state index in [9.17, 15) is 36.7 Å². The highest BCUT2D eigenvalue weighted by Gasteiger charge is 2.39. The third kappa shape index (κ3) is 5.90. The summed E-state index contributed by atoms with van der Waals surface area (Å²) in [7, 11) is 2.79. The number of esters is 1. The molecule has 1 aliphatic heterocycles. The van der Waals surface area contributed by atoms with Crippen LogP contribution in [0.2, 0.25) is 0 Å². The number of aryl methyl sites for hydroxylation is 1. The number of halogens is 5. The van der Waals surface area contributed by atoms with Crippen LogP contribution in [0.4, 0.5) is 22.0 Å². The number of aromatic nitrogens is 3. The SMILES string of the molecule is Cn1c(=O)c2c(CC(=O)/N=c3\scc(-c4ccc(F)c(C(F)(F)F)c4F)n3COC(=O)C3CCNCC3)csc2n(C)c1=O. The van der Waals surface area contributed by atoms with Crippen LogP contribution in [0, 0.1) is 17.6 Å². The van der Waals surface area contributed by atoms with E-state index in [0.717, 1.165) is 37.9 Å². The zero-order chi connectivity index (χ0) is 31.9. The van der Waals surface area contributed by atoms with Crippen LogP contribution in [0.15, 0.2) is 37.5 Å². The van der Waals surface area contributed by atoms with Gasteiger partial charge in [0.1, 0.15) is 22.0 Å². The number of alkyl halides is 3. The van der Waals surface area contributed by atoms with Crippen molar-refractivity contribution in [3.8, 4) is 11.3 Å². The van der Waals surface area contributed by atoms with Crippen molar-refractivity contribution >= 4 is 44.8 Å². The number of hydrogen-bond acceptors (Lipinski definition) is 8. The number of carbonyl (C=O) groups excluding carboxylic acids is 2. The molecule has 17 heteroatoms. The third-order valence-corrected chi connectivity index (χ3v) is 9.23. The summed E-state index contributed by atoms with van der Waals surface area (Å²) >= 11 is 1.85. The summed E-state index contributed by atoms with van der Waals surface area (Å²) in [6.07, 6.45) is -4.72. The van der Waals surface area contributed by atoms with Gasteiger partial charge in [-0.25, -0.2) is 13.6 Å². The molecule has 5 rings (SSSR count). The first-order valence-corrected chi connectivity index (χ1v) is 14.9. The fraction of sp³-hybridized carbons (Fsp3) is 0.370. The summed E-state index contributed by atoms with van der Waals surface area (Å²) in [6, 6.07) is 1.29. The quantitative estimate of drug-likeness (QED) is 0.252. The maximum Gasteiger partial charge on any atom is 0.422 e. The second-order valence-electron chi connectivity index (χ2n) is 10.1. The van der Waals surface area contributed by atoms with Gasteiger partial charge in [-0.3, -0.25) is 28.1 Å². The molecule has 0 spiro atoms. The number of carbonyl (C=O) groups is 2. The number of thiophene rings is 1. The van der Waals surface area contributed by atoms with Crippen LogP contribution >= 0.6 is 22.7 Å². The molecule has 4 aromatic rings. The summed E-state index contributed by atoms with van der Waals surface area (Å²) in [5.41, 5.74) is -3.80. The molecule has 0 aliphatic carbocycles. The van der Waals surface area contributed by atoms with Gasteiger partial charge >= 0.3 is 17.8 Å². The Balaban J connectivity index is 1.55. The highest BCUT2D eigenvalue weighted by molar-refractivity contribution is 7.17. The minimum absolute atomic E-state index is 0.139. The zero-order valence-corrected chi connectivity index (χ0v) is 24.8. The number of rotatable bonds is 6. The summed E-state index contributed by atoms with van der Waals surface area (Å²) in [4.78, 5) is 55.2. The maximum absolute atomic E-state index is 15.2. The van der Waals surface area contributed by atoms with Gasteiger partial charge < -0.3 is 10.1 Å². The number of ether oxygens (including phenoxy) is 1. The van der Waals surface area contributed by atoms with Crippen molar-refractivity contribution in [3.05, 3.63) is 71.3 Å². The monoisotopic (exact) mass is 657 g/mol. The molecule has 1 amide bonds. The molecule has 1 fully saturated rings. The molecule has 0 atom stereocenters. The molecule has 44 heavy (non-hydrogen) atoms. The number of hydrogen-bond donors (Lipinski definition) is 1. The predicted octanol–water partition coefficient (Wildman–Crippen LogP) is 3.30. The first-order chi connectivity index (χ1) is 20.8. The molecule has 3 aromatic heterocycles. The lowest BCUT2D eigenvalue weighted by atomic mass is 9.99. The van der Waals surface area contributed by atoms with Crippen molar-refractivity contribution < 1.29 is 36.3 Å². The Bertz CT molecular complexity index is 1960. The lowest BCUT2D eigenvalue weighted by Gasteiger charge is -2.21. The lowest BCUT2D eigenvalue weighted by Crippen LogP contribution is -2.36. The van der Waals surface area contributed by atoms with Crippen molar-refractivity contribution in [2.24, 2.45) is 25.0 Å². The normalized spacial score (nSPS) is 14.8. The number of piperidine rings is 1. The Labute approximate surface area is 252 Å². The van der Waals surface area contributed by atoms with Gasteiger partial charge in [-0.1, -0.05) is 0 Å². The maximum atomic E-state index is 15.2. The third-order valence-electron chi connectivity index (χ3n) is 7.26. The van der Waals surface area contributed by atoms with Crippen LogP contribution in [0.5, 0.6) is 0 Å². The summed E-state index contributed by atoms with van der Waals surface area (Å²) < 4.78 is 78.3. The standard InChI is InChI=1S/C27H24F5N5O5S2/c1-35-22(39)19-14(10-43-23(19)36(2)26(35)41)9-18(38)34-25-37(12-42-24(40)13-5-7-33-8-6-13)17(11-44-25)15-3-4-16(28)20(21(15)29)27(30,31)32/h3-4,10-11,13,33H,5-9,12H2,1-2H3/b34-25-. The number of thiazole rings is 1. The largest absolute Gasteiger partial charge is 0.444 e. The predicted molar refractivity (Wildman–Crippen MR) is 151 cm³/mol. The van der Waals surface area contributed by atoms with Crippen molar-refractivity contribution in [3.63, 3.8) is 0 Å². The average Bonchev–Trinajstić information content (AvgIpc) is 3.57. The van der Waals surface area contributed by atoms with Gasteiger partial charge in [-0.2, -0.15) is 18.2 Å². The molecular formula is C27H24F5N5O5S2. The number of benzene rings is 1. The van der Waals surface area contributed by atoms with Crippen molar-refractivity contribution in [1.29, 1.82) is 0 Å². The van der Waals surface area contributed by atoms with Crippen LogP contribution in [0.25, 0.3) is 21.5 Å². The highest BCUT2D eigenvalue weighted by atomic mass is 32.1. The lowest BCUT2D eigenvalue weighted by molar-refractivity contribution is -0.153. The minimum atomic E-state index is -5.33. The van der Waals surface area contributed by atoms with E-state index in [1.807, 2.05) is 0 Å². The molecular weight excluding hydrogens is 633 g/mol. The number of fused-ring (bicyclic) bond motifs is 1. The van der Waals surface area contributed by atoms with Crippen molar-refractivity contribution in [1.82, 2.24) is 19.0 Å². The molecule has 0 bridgehead atoms. The average molecular weight is 658 g/mol. The Morgan fingerprint density at radius 2 is 1.77 bits per heavy atom. The first-order valence-electron chi connectivity index (χ1n) is 13.1. The van der Waals surface area contributed by atoms with Crippen molar-refractivity contribution in [2.75, 3.05) is 13.1 Å². The molecule has 0 saturated carbocycles. The fourth-order valence-electron chi connectivity index (χ4n) is 4.94. The van der Waals surface area contributed by atoms with E-state index in [2.05, 4.69) is 10.3 Å². The van der Waals surface area contributed by atoms with Gasteiger partial charge in [-0.15, -0.1) is 22.7 Å². The summed E-state index contributed by atoms with van der Waals surface area (Å²) in [5, 5.41) is 6.02. The summed E-state index contributed by atoms with van der Waals surface area (Å²) in [6.45, 7) is 0.554. The molecule has 1 aliphatic rings. The van der Waals surface area contributed by atoms with Crippen LogP contribution in [0.3, 0.4) is 0 Å². The van der Waals surface area contributed by atoms with Gasteiger partial charge in [0.15, 0.2) is 11.5 Å². The summed E-state index contributed by atoms with van der Waals surface area (Å²) in [5.74, 6) is -5.48. The topological polar surface area (TPSA) is 117 Å². The van der Waals surface area contributed by atoms with E-state index < -0.39 is 64.7 Å². The van der Waals surface area contributed by atoms with Crippen molar-refractivity contribution in [2.45, 2.75) is 32.2 Å². The molecule has 10 nitrogen and oxygen atoms in total. The molecule has 234 valence electrons. The zero-order valence-electron chi connectivity index (χ0n) is 23.2. The van der Waals surface area contributed by atoms with Gasteiger partial charge in [0, 0.05) is 25.0 Å². The van der Waals surface area contributed by atoms with E-state index >= 15 is 4.39 Å². The minimum Gasteiger partial charge on any atom is -0.444 e. The second-order valence-corrected chi connectivity index (χ2v) is 11.8. The molecule has 1 N–H and O–H groups in total. The highest BCUT2D eigenvalue weighted by Crippen LogP contribution is 2.37. The van der Waals surface area contributed by atoms with Crippen LogP contribution < -0.4 is 21.4 Å². The Kier molecular flexibility index (Phi) is 8.73. The molecule has 0 unspecified atom stereocenters. The van der Waals surface area contributed by atoms with Gasteiger partial charge in [0.2, 0.25) is 0 Å². The molecule has 4 heterocycles. The van der Waals surface area contributed by atoms with Crippen LogP contribution in [-0.4, -0.2) is 38.7 Å². The number of nitrogens with one attached hydrogen (secondary N) is 1. The van der Waals surface area contributed by atoms with E-state index in [4.69, 9.17) is 4.74 Å². The second kappa shape index (κ2) is 12.2. The van der Waals surface area contributed by atoms with E-state index in [1.54, 1.807) is 5.38 Å². The van der Waals surface area contributed by atoms with Crippen LogP contribution in [0.1, 0.15) is 24.0 Å². The molecule has 1 aromatic carbocycles. The van der Waals surface area contributed by atoms with Gasteiger partial charge in [-0.05, 0) is 49.0 Å². The fourth-order valence-corrected chi connectivity index (χ4v) is 6.87.